The standard InChI is InChI=1S/C25H29F3O5/c1-4-31-23(24(29)32-5-2)9-7-6-8-19-16-21(30-3)14-15-22(19)33-17-18-10-12-20(13-11-18)25(26,27)28/h6,8,10-16,23H,4-5,7,9,17H2,1-3H3. The number of alkyl halides is 3. The van der Waals surface area contributed by atoms with E-state index in [-0.39, 0.29) is 12.6 Å². The summed E-state index contributed by atoms with van der Waals surface area (Å²) in [5.74, 6) is 0.809. The van der Waals surface area contributed by atoms with E-state index in [0.29, 0.717) is 43.1 Å². The molecule has 0 aliphatic carbocycles. The predicted molar refractivity (Wildman–Crippen MR) is 119 cm³/mol. The Labute approximate surface area is 192 Å². The number of esters is 1. The van der Waals surface area contributed by atoms with Crippen molar-refractivity contribution in [2.45, 2.75) is 45.6 Å². The molecule has 2 aromatic carbocycles. The van der Waals surface area contributed by atoms with Crippen LogP contribution in [0.5, 0.6) is 11.5 Å². The van der Waals surface area contributed by atoms with Crippen LogP contribution in [0.25, 0.3) is 6.08 Å². The first kappa shape index (κ1) is 26.3. The summed E-state index contributed by atoms with van der Waals surface area (Å²) in [5.41, 5.74) is 0.653. The minimum Gasteiger partial charge on any atom is -0.497 e. The van der Waals surface area contributed by atoms with Crippen molar-refractivity contribution in [3.05, 3.63) is 65.2 Å². The highest BCUT2D eigenvalue weighted by molar-refractivity contribution is 5.74. The maximum absolute atomic E-state index is 12.7. The van der Waals surface area contributed by atoms with Crippen LogP contribution >= 0.6 is 0 Å². The number of halogens is 3. The van der Waals surface area contributed by atoms with Gasteiger partial charge in [0.25, 0.3) is 0 Å². The fraction of sp³-hybridized carbons (Fsp3) is 0.400. The third-order valence-electron chi connectivity index (χ3n) is 4.70. The van der Waals surface area contributed by atoms with Gasteiger partial charge in [0.1, 0.15) is 18.1 Å². The lowest BCUT2D eigenvalue weighted by atomic mass is 10.1. The van der Waals surface area contributed by atoms with Crippen molar-refractivity contribution >= 4 is 12.0 Å². The number of carbonyl (C=O) groups is 1. The van der Waals surface area contributed by atoms with Crippen molar-refractivity contribution in [2.24, 2.45) is 0 Å². The van der Waals surface area contributed by atoms with E-state index < -0.39 is 17.8 Å². The first-order valence-electron chi connectivity index (χ1n) is 10.7. The van der Waals surface area contributed by atoms with Crippen LogP contribution in [-0.2, 0) is 27.1 Å². The molecule has 5 nitrogen and oxygen atoms in total. The van der Waals surface area contributed by atoms with Crippen molar-refractivity contribution in [3.8, 4) is 11.5 Å². The summed E-state index contributed by atoms with van der Waals surface area (Å²) in [7, 11) is 1.55. The summed E-state index contributed by atoms with van der Waals surface area (Å²) >= 11 is 0. The minimum absolute atomic E-state index is 0.112. The second kappa shape index (κ2) is 12.9. The lowest BCUT2D eigenvalue weighted by molar-refractivity contribution is -0.156. The van der Waals surface area contributed by atoms with Gasteiger partial charge in [-0.1, -0.05) is 24.3 Å². The molecule has 1 unspecified atom stereocenters. The van der Waals surface area contributed by atoms with Crippen molar-refractivity contribution in [1.82, 2.24) is 0 Å². The molecule has 0 N–H and O–H groups in total. The largest absolute Gasteiger partial charge is 0.497 e. The van der Waals surface area contributed by atoms with E-state index in [1.807, 2.05) is 19.1 Å². The van der Waals surface area contributed by atoms with Crippen molar-refractivity contribution in [2.75, 3.05) is 20.3 Å². The third-order valence-corrected chi connectivity index (χ3v) is 4.70. The molecule has 180 valence electrons. The normalized spacial score (nSPS) is 12.5. The zero-order valence-corrected chi connectivity index (χ0v) is 19.0. The van der Waals surface area contributed by atoms with Crippen LogP contribution < -0.4 is 9.47 Å². The van der Waals surface area contributed by atoms with Gasteiger partial charge in [0.15, 0.2) is 6.10 Å². The number of ether oxygens (including phenoxy) is 4. The number of carbonyl (C=O) groups excluding carboxylic acids is 1. The lowest BCUT2D eigenvalue weighted by Crippen LogP contribution is -2.26. The number of rotatable bonds is 12. The van der Waals surface area contributed by atoms with E-state index in [1.165, 1.54) is 12.1 Å². The maximum Gasteiger partial charge on any atom is 0.416 e. The minimum atomic E-state index is -4.37. The Balaban J connectivity index is 2.05. The van der Waals surface area contributed by atoms with E-state index in [1.54, 1.807) is 32.2 Å². The smallest absolute Gasteiger partial charge is 0.416 e. The molecule has 0 fully saturated rings. The molecular weight excluding hydrogens is 437 g/mol. The number of hydrogen-bond acceptors (Lipinski definition) is 5. The van der Waals surface area contributed by atoms with Gasteiger partial charge >= 0.3 is 12.1 Å². The Morgan fingerprint density at radius 2 is 1.79 bits per heavy atom. The quantitative estimate of drug-likeness (QED) is 0.356. The zero-order valence-electron chi connectivity index (χ0n) is 19.0. The third kappa shape index (κ3) is 8.46. The molecule has 0 aliphatic heterocycles. The van der Waals surface area contributed by atoms with Gasteiger partial charge in [-0.2, -0.15) is 13.2 Å². The zero-order chi connectivity index (χ0) is 24.3. The van der Waals surface area contributed by atoms with Gasteiger partial charge in [-0.3, -0.25) is 0 Å². The van der Waals surface area contributed by atoms with Gasteiger partial charge in [-0.15, -0.1) is 0 Å². The van der Waals surface area contributed by atoms with E-state index in [2.05, 4.69) is 0 Å². The second-order valence-electron chi connectivity index (χ2n) is 7.06. The summed E-state index contributed by atoms with van der Waals surface area (Å²) < 4.78 is 59.8. The summed E-state index contributed by atoms with van der Waals surface area (Å²) in [6, 6.07) is 10.1. The predicted octanol–water partition coefficient (Wildman–Crippen LogP) is 6.05. The molecule has 0 bridgehead atoms. The summed E-state index contributed by atoms with van der Waals surface area (Å²) in [5, 5.41) is 0. The number of methoxy groups -OCH3 is 1. The van der Waals surface area contributed by atoms with E-state index >= 15 is 0 Å². The van der Waals surface area contributed by atoms with Gasteiger partial charge in [0.2, 0.25) is 0 Å². The Morgan fingerprint density at radius 1 is 1.06 bits per heavy atom. The van der Waals surface area contributed by atoms with Gasteiger partial charge < -0.3 is 18.9 Å². The Bertz CT molecular complexity index is 907. The molecule has 0 amide bonds. The molecule has 0 heterocycles. The Kier molecular flexibility index (Phi) is 10.3. The van der Waals surface area contributed by atoms with Crippen LogP contribution in [0, 0.1) is 0 Å². The van der Waals surface area contributed by atoms with Gasteiger partial charge in [-0.25, -0.2) is 4.79 Å². The summed E-state index contributed by atoms with van der Waals surface area (Å²) in [4.78, 5) is 12.0. The summed E-state index contributed by atoms with van der Waals surface area (Å²) in [6.07, 6.45) is -0.222. The van der Waals surface area contributed by atoms with Crippen molar-refractivity contribution in [1.29, 1.82) is 0 Å². The highest BCUT2D eigenvalue weighted by atomic mass is 19.4. The monoisotopic (exact) mass is 466 g/mol. The van der Waals surface area contributed by atoms with Crippen LogP contribution in [0.2, 0.25) is 0 Å². The van der Waals surface area contributed by atoms with Crippen LogP contribution in [0.15, 0.2) is 48.5 Å². The molecule has 0 saturated heterocycles. The van der Waals surface area contributed by atoms with Crippen LogP contribution in [-0.4, -0.2) is 32.4 Å². The van der Waals surface area contributed by atoms with Crippen LogP contribution in [0.3, 0.4) is 0 Å². The molecule has 1 atom stereocenters. The van der Waals surface area contributed by atoms with Crippen LogP contribution in [0.1, 0.15) is 43.4 Å². The number of benzene rings is 2. The van der Waals surface area contributed by atoms with Crippen LogP contribution in [0.4, 0.5) is 13.2 Å². The molecule has 0 radical (unpaired) electrons. The second-order valence-corrected chi connectivity index (χ2v) is 7.06. The first-order valence-corrected chi connectivity index (χ1v) is 10.7. The average molecular weight is 466 g/mol. The molecule has 0 spiro atoms. The topological polar surface area (TPSA) is 54.0 Å². The molecule has 0 aliphatic rings. The number of allylic oxidation sites excluding steroid dienone is 1. The lowest BCUT2D eigenvalue weighted by Gasteiger charge is -2.14. The molecule has 0 saturated carbocycles. The van der Waals surface area contributed by atoms with Gasteiger partial charge in [0.05, 0.1) is 19.3 Å². The summed E-state index contributed by atoms with van der Waals surface area (Å²) in [6.45, 7) is 4.38. The maximum atomic E-state index is 12.7. The fourth-order valence-electron chi connectivity index (χ4n) is 3.03. The van der Waals surface area contributed by atoms with E-state index in [4.69, 9.17) is 18.9 Å². The van der Waals surface area contributed by atoms with Gasteiger partial charge in [-0.05, 0) is 62.6 Å². The Morgan fingerprint density at radius 3 is 2.39 bits per heavy atom. The SMILES string of the molecule is CCOC(=O)C(CCC=Cc1cc(OC)ccc1OCc1ccc(C(F)(F)F)cc1)OCC. The fourth-order valence-corrected chi connectivity index (χ4v) is 3.03. The molecule has 2 rings (SSSR count). The Hall–Kier alpha value is -3.00. The van der Waals surface area contributed by atoms with Gasteiger partial charge in [0, 0.05) is 12.2 Å². The molecular formula is C25H29F3O5. The van der Waals surface area contributed by atoms with Crippen molar-refractivity contribution < 1.29 is 36.9 Å². The highest BCUT2D eigenvalue weighted by Crippen LogP contribution is 2.30. The van der Waals surface area contributed by atoms with E-state index in [0.717, 1.165) is 17.7 Å². The molecule has 8 heteroatoms. The molecule has 2 aromatic rings. The molecule has 33 heavy (non-hydrogen) atoms. The number of hydrogen-bond donors (Lipinski definition) is 0. The van der Waals surface area contributed by atoms with E-state index in [9.17, 15) is 18.0 Å². The highest BCUT2D eigenvalue weighted by Gasteiger charge is 2.29. The molecule has 0 aromatic heterocycles. The average Bonchev–Trinajstić information content (AvgIpc) is 2.79. The van der Waals surface area contributed by atoms with Crippen molar-refractivity contribution in [3.63, 3.8) is 0 Å². The first-order chi connectivity index (χ1) is 15.8.